The highest BCUT2D eigenvalue weighted by Gasteiger charge is 2.27. The minimum Gasteiger partial charge on any atom is -0.476 e. The van der Waals surface area contributed by atoms with E-state index in [1.165, 1.54) is 0 Å². The number of aliphatic imine (C=N–C) groups is 1. The average molecular weight is 356 g/mol. The number of terminal acetylenes is 1. The molecule has 1 aliphatic heterocycles. The molecule has 132 valence electrons. The van der Waals surface area contributed by atoms with Crippen molar-refractivity contribution in [1.82, 2.24) is 14.5 Å². The summed E-state index contributed by atoms with van der Waals surface area (Å²) in [6, 6.07) is 11.2. The molecule has 2 aromatic heterocycles. The second-order valence-corrected chi connectivity index (χ2v) is 6.07. The quantitative estimate of drug-likeness (QED) is 0.732. The van der Waals surface area contributed by atoms with Crippen molar-refractivity contribution < 1.29 is 9.90 Å². The van der Waals surface area contributed by atoms with E-state index in [0.717, 1.165) is 16.8 Å². The third kappa shape index (κ3) is 2.70. The molecule has 0 spiro atoms. The first kappa shape index (κ1) is 16.7. The fourth-order valence-corrected chi connectivity index (χ4v) is 3.32. The molecule has 0 saturated heterocycles. The molecule has 0 bridgehead atoms. The lowest BCUT2D eigenvalue weighted by molar-refractivity contribution is 0.0689. The SMILES string of the molecule is C#Cc1ccc2c(c1)C(c1ccccn1)=NCc1c(C(=O)O)nc(CC)n1-2. The highest BCUT2D eigenvalue weighted by molar-refractivity contribution is 6.14. The van der Waals surface area contributed by atoms with Crippen LogP contribution in [0, 0.1) is 12.3 Å². The maximum absolute atomic E-state index is 11.7. The van der Waals surface area contributed by atoms with Crippen LogP contribution in [0.5, 0.6) is 0 Å². The monoisotopic (exact) mass is 356 g/mol. The maximum atomic E-state index is 11.7. The third-order valence-corrected chi connectivity index (χ3v) is 4.51. The molecule has 0 atom stereocenters. The van der Waals surface area contributed by atoms with E-state index in [1.54, 1.807) is 6.20 Å². The average Bonchev–Trinajstić information content (AvgIpc) is 2.99. The topological polar surface area (TPSA) is 80.4 Å². The number of imidazole rings is 1. The van der Waals surface area contributed by atoms with Crippen molar-refractivity contribution in [3.63, 3.8) is 0 Å². The van der Waals surface area contributed by atoms with Gasteiger partial charge in [-0.05, 0) is 30.3 Å². The first-order valence-corrected chi connectivity index (χ1v) is 8.55. The molecule has 6 nitrogen and oxygen atoms in total. The van der Waals surface area contributed by atoms with Gasteiger partial charge >= 0.3 is 5.97 Å². The Kier molecular flexibility index (Phi) is 4.05. The number of aromatic carboxylic acids is 1. The van der Waals surface area contributed by atoms with Gasteiger partial charge in [-0.15, -0.1) is 6.42 Å². The first-order chi connectivity index (χ1) is 13.1. The van der Waals surface area contributed by atoms with Gasteiger partial charge in [-0.1, -0.05) is 18.9 Å². The second kappa shape index (κ2) is 6.54. The fourth-order valence-electron chi connectivity index (χ4n) is 3.32. The van der Waals surface area contributed by atoms with Gasteiger partial charge in [0.1, 0.15) is 5.82 Å². The Bertz CT molecular complexity index is 1120. The summed E-state index contributed by atoms with van der Waals surface area (Å²) in [6.45, 7) is 2.14. The zero-order valence-electron chi connectivity index (χ0n) is 14.7. The van der Waals surface area contributed by atoms with Crippen LogP contribution in [0.15, 0.2) is 47.6 Å². The van der Waals surface area contributed by atoms with Crippen LogP contribution in [0.25, 0.3) is 5.69 Å². The van der Waals surface area contributed by atoms with Crippen molar-refractivity contribution in [1.29, 1.82) is 0 Å². The molecule has 0 fully saturated rings. The van der Waals surface area contributed by atoms with E-state index in [2.05, 4.69) is 15.9 Å². The van der Waals surface area contributed by atoms with E-state index in [0.29, 0.717) is 29.3 Å². The first-order valence-electron chi connectivity index (χ1n) is 8.55. The molecule has 1 N–H and O–H groups in total. The number of rotatable bonds is 3. The molecule has 6 heteroatoms. The molecule has 1 aromatic carbocycles. The maximum Gasteiger partial charge on any atom is 0.356 e. The van der Waals surface area contributed by atoms with Crippen molar-refractivity contribution in [2.45, 2.75) is 19.9 Å². The lowest BCUT2D eigenvalue weighted by Crippen LogP contribution is -2.10. The Morgan fingerprint density at radius 1 is 1.33 bits per heavy atom. The normalized spacial score (nSPS) is 12.4. The number of benzene rings is 1. The van der Waals surface area contributed by atoms with Crippen molar-refractivity contribution >= 4 is 11.7 Å². The molecule has 0 radical (unpaired) electrons. The van der Waals surface area contributed by atoms with Crippen LogP contribution in [-0.2, 0) is 13.0 Å². The van der Waals surface area contributed by atoms with Crippen LogP contribution >= 0.6 is 0 Å². The van der Waals surface area contributed by atoms with E-state index < -0.39 is 5.97 Å². The van der Waals surface area contributed by atoms with Gasteiger partial charge < -0.3 is 5.11 Å². The lowest BCUT2D eigenvalue weighted by atomic mass is 10.0. The zero-order chi connectivity index (χ0) is 19.0. The van der Waals surface area contributed by atoms with Crippen molar-refractivity contribution in [3.8, 4) is 18.0 Å². The number of aromatic nitrogens is 3. The summed E-state index contributed by atoms with van der Waals surface area (Å²) in [5.74, 6) is 2.27. The molecular formula is C21H16N4O2. The van der Waals surface area contributed by atoms with Crippen LogP contribution in [0.3, 0.4) is 0 Å². The van der Waals surface area contributed by atoms with Gasteiger partial charge in [0.15, 0.2) is 5.69 Å². The number of carbonyl (C=O) groups is 1. The molecule has 0 amide bonds. The fraction of sp³-hybridized carbons (Fsp3) is 0.143. The number of carboxylic acid groups (broad SMARTS) is 1. The van der Waals surface area contributed by atoms with Gasteiger partial charge in [-0.25, -0.2) is 9.78 Å². The van der Waals surface area contributed by atoms with Gasteiger partial charge in [-0.2, -0.15) is 0 Å². The van der Waals surface area contributed by atoms with E-state index in [9.17, 15) is 9.90 Å². The second-order valence-electron chi connectivity index (χ2n) is 6.07. The number of carboxylic acids is 1. The van der Waals surface area contributed by atoms with Gasteiger partial charge in [0.2, 0.25) is 0 Å². The molecule has 4 rings (SSSR count). The highest BCUT2D eigenvalue weighted by Crippen LogP contribution is 2.29. The molecule has 0 saturated carbocycles. The van der Waals surface area contributed by atoms with Crippen molar-refractivity contribution in [2.75, 3.05) is 0 Å². The minimum atomic E-state index is -1.06. The van der Waals surface area contributed by atoms with E-state index in [-0.39, 0.29) is 12.2 Å². The Hall–Kier alpha value is -3.72. The summed E-state index contributed by atoms with van der Waals surface area (Å²) in [4.78, 5) is 25.2. The standard InChI is InChI=1S/C21H16N4O2/c1-3-13-8-9-16-14(11-13)19(15-7-5-6-10-22-15)23-12-17-20(21(26)27)24-18(4-2)25(16)17/h1,5-11H,4,12H2,2H3,(H,26,27). The van der Waals surface area contributed by atoms with Crippen molar-refractivity contribution in [3.05, 3.63) is 76.6 Å². The number of hydrogen-bond acceptors (Lipinski definition) is 4. The summed E-state index contributed by atoms with van der Waals surface area (Å²) in [7, 11) is 0. The molecule has 1 aliphatic rings. The summed E-state index contributed by atoms with van der Waals surface area (Å²) in [6.07, 6.45) is 7.89. The third-order valence-electron chi connectivity index (χ3n) is 4.51. The van der Waals surface area contributed by atoms with E-state index >= 15 is 0 Å². The predicted octanol–water partition coefficient (Wildman–Crippen LogP) is 2.86. The number of pyridine rings is 1. The van der Waals surface area contributed by atoms with E-state index in [4.69, 9.17) is 11.4 Å². The Labute approximate surface area is 156 Å². The molecule has 3 heterocycles. The highest BCUT2D eigenvalue weighted by atomic mass is 16.4. The number of aryl methyl sites for hydroxylation is 1. The van der Waals surface area contributed by atoms with Crippen LogP contribution in [0.1, 0.15) is 45.8 Å². The summed E-state index contributed by atoms with van der Waals surface area (Å²) in [5, 5.41) is 9.59. The molecule has 0 unspecified atom stereocenters. The molecule has 0 aliphatic carbocycles. The number of fused-ring (bicyclic) bond motifs is 3. The predicted molar refractivity (Wildman–Crippen MR) is 101 cm³/mol. The molecule has 3 aromatic rings. The number of nitrogens with zero attached hydrogens (tertiary/aromatic N) is 4. The largest absolute Gasteiger partial charge is 0.476 e. The van der Waals surface area contributed by atoms with Gasteiger partial charge in [0.05, 0.1) is 29.3 Å². The zero-order valence-corrected chi connectivity index (χ0v) is 14.7. The number of hydrogen-bond donors (Lipinski definition) is 1. The Morgan fingerprint density at radius 3 is 2.85 bits per heavy atom. The summed E-state index contributed by atoms with van der Waals surface area (Å²) < 4.78 is 1.89. The molecular weight excluding hydrogens is 340 g/mol. The summed E-state index contributed by atoms with van der Waals surface area (Å²) >= 11 is 0. The van der Waals surface area contributed by atoms with Crippen LogP contribution in [0.2, 0.25) is 0 Å². The van der Waals surface area contributed by atoms with Crippen molar-refractivity contribution in [2.24, 2.45) is 4.99 Å². The lowest BCUT2D eigenvalue weighted by Gasteiger charge is -2.14. The van der Waals surface area contributed by atoms with Gasteiger partial charge in [0, 0.05) is 23.7 Å². The van der Waals surface area contributed by atoms with Crippen LogP contribution < -0.4 is 0 Å². The smallest absolute Gasteiger partial charge is 0.356 e. The Balaban J connectivity index is 2.05. The molecule has 27 heavy (non-hydrogen) atoms. The van der Waals surface area contributed by atoms with Gasteiger partial charge in [0.25, 0.3) is 0 Å². The van der Waals surface area contributed by atoms with Gasteiger partial charge in [-0.3, -0.25) is 14.5 Å². The van der Waals surface area contributed by atoms with E-state index in [1.807, 2.05) is 47.9 Å². The summed E-state index contributed by atoms with van der Waals surface area (Å²) in [5.41, 5.74) is 4.32. The van der Waals surface area contributed by atoms with Crippen LogP contribution in [0.4, 0.5) is 0 Å². The minimum absolute atomic E-state index is 0.0323. The Morgan fingerprint density at radius 2 is 2.19 bits per heavy atom. The van der Waals surface area contributed by atoms with Crippen LogP contribution in [-0.4, -0.2) is 31.3 Å².